The first-order valence-electron chi connectivity index (χ1n) is 8.85. The van der Waals surface area contributed by atoms with Gasteiger partial charge in [0.05, 0.1) is 0 Å². The third kappa shape index (κ3) is 6.40. The summed E-state index contributed by atoms with van der Waals surface area (Å²) in [5.74, 6) is -0.0805. The Bertz CT molecular complexity index is 761. The van der Waals surface area contributed by atoms with Gasteiger partial charge in [0, 0.05) is 6.08 Å². The molecule has 0 saturated heterocycles. The van der Waals surface area contributed by atoms with Gasteiger partial charge in [0.15, 0.2) is 0 Å². The van der Waals surface area contributed by atoms with Crippen molar-refractivity contribution in [3.05, 3.63) is 60.2 Å². The summed E-state index contributed by atoms with van der Waals surface area (Å²) in [6.07, 6.45) is 3.69. The fourth-order valence-corrected chi connectivity index (χ4v) is 3.30. The Kier molecular flexibility index (Phi) is 5.91. The van der Waals surface area contributed by atoms with Gasteiger partial charge in [-0.05, 0) is 60.6 Å². The SMILES string of the molecule is CC(C)(C)CC(C)(C)Oc1ccc(-c2ccc(/C=C/C(=O)O)cc2)cc1. The molecule has 0 fully saturated rings. The summed E-state index contributed by atoms with van der Waals surface area (Å²) in [7, 11) is 0. The van der Waals surface area contributed by atoms with Gasteiger partial charge < -0.3 is 9.84 Å². The molecular formula is C23H28O3. The second-order valence-electron chi connectivity index (χ2n) is 8.42. The Morgan fingerprint density at radius 2 is 1.42 bits per heavy atom. The van der Waals surface area contributed by atoms with E-state index < -0.39 is 5.97 Å². The maximum atomic E-state index is 10.6. The first-order chi connectivity index (χ1) is 12.0. The average molecular weight is 352 g/mol. The van der Waals surface area contributed by atoms with E-state index in [1.165, 1.54) is 0 Å². The fourth-order valence-electron chi connectivity index (χ4n) is 3.30. The van der Waals surface area contributed by atoms with Gasteiger partial charge in [-0.15, -0.1) is 0 Å². The second-order valence-corrected chi connectivity index (χ2v) is 8.42. The summed E-state index contributed by atoms with van der Waals surface area (Å²) in [6, 6.07) is 15.9. The molecule has 0 aliphatic rings. The number of carboxylic acids is 1. The predicted molar refractivity (Wildman–Crippen MR) is 107 cm³/mol. The normalized spacial score (nSPS) is 12.3. The van der Waals surface area contributed by atoms with Gasteiger partial charge in [0.25, 0.3) is 0 Å². The molecule has 2 aromatic rings. The quantitative estimate of drug-likeness (QED) is 0.644. The summed E-state index contributed by atoms with van der Waals surface area (Å²) in [5.41, 5.74) is 3.02. The molecule has 0 spiro atoms. The van der Waals surface area contributed by atoms with Crippen LogP contribution in [0.5, 0.6) is 5.75 Å². The van der Waals surface area contributed by atoms with Crippen LogP contribution in [0.4, 0.5) is 0 Å². The van der Waals surface area contributed by atoms with E-state index in [1.807, 2.05) is 48.5 Å². The Labute approximate surface area is 156 Å². The number of hydrogen-bond acceptors (Lipinski definition) is 2. The molecule has 2 aromatic carbocycles. The largest absolute Gasteiger partial charge is 0.488 e. The minimum absolute atomic E-state index is 0.209. The van der Waals surface area contributed by atoms with Crippen molar-refractivity contribution in [3.8, 4) is 16.9 Å². The van der Waals surface area contributed by atoms with Crippen LogP contribution < -0.4 is 4.74 Å². The molecule has 0 heterocycles. The van der Waals surface area contributed by atoms with Crippen molar-refractivity contribution in [3.63, 3.8) is 0 Å². The van der Waals surface area contributed by atoms with Gasteiger partial charge in [0.1, 0.15) is 11.4 Å². The van der Waals surface area contributed by atoms with Crippen LogP contribution in [0.3, 0.4) is 0 Å². The van der Waals surface area contributed by atoms with E-state index in [9.17, 15) is 4.79 Å². The van der Waals surface area contributed by atoms with Crippen LogP contribution in [0, 0.1) is 5.41 Å². The predicted octanol–water partition coefficient (Wildman–Crippen LogP) is 6.05. The van der Waals surface area contributed by atoms with Crippen molar-refractivity contribution in [1.29, 1.82) is 0 Å². The molecular weight excluding hydrogens is 324 g/mol. The molecule has 0 aliphatic heterocycles. The molecule has 0 saturated carbocycles. The third-order valence-electron chi connectivity index (χ3n) is 3.87. The number of hydrogen-bond donors (Lipinski definition) is 1. The molecule has 0 radical (unpaired) electrons. The Morgan fingerprint density at radius 1 is 0.923 bits per heavy atom. The van der Waals surface area contributed by atoms with E-state index in [0.717, 1.165) is 34.9 Å². The molecule has 0 unspecified atom stereocenters. The molecule has 0 aromatic heterocycles. The van der Waals surface area contributed by atoms with Crippen LogP contribution >= 0.6 is 0 Å². The van der Waals surface area contributed by atoms with E-state index in [2.05, 4.69) is 34.6 Å². The summed E-state index contributed by atoms with van der Waals surface area (Å²) < 4.78 is 6.18. The number of carboxylic acid groups (broad SMARTS) is 1. The Hall–Kier alpha value is -2.55. The Morgan fingerprint density at radius 3 is 1.88 bits per heavy atom. The van der Waals surface area contributed by atoms with Crippen molar-refractivity contribution in [2.45, 2.75) is 46.6 Å². The summed E-state index contributed by atoms with van der Waals surface area (Å²) >= 11 is 0. The molecule has 138 valence electrons. The molecule has 26 heavy (non-hydrogen) atoms. The van der Waals surface area contributed by atoms with Crippen LogP contribution in [-0.4, -0.2) is 16.7 Å². The first-order valence-corrected chi connectivity index (χ1v) is 8.85. The number of rotatable bonds is 6. The maximum Gasteiger partial charge on any atom is 0.328 e. The van der Waals surface area contributed by atoms with E-state index in [-0.39, 0.29) is 11.0 Å². The van der Waals surface area contributed by atoms with Crippen LogP contribution in [0.15, 0.2) is 54.6 Å². The van der Waals surface area contributed by atoms with Crippen LogP contribution in [0.25, 0.3) is 17.2 Å². The zero-order valence-corrected chi connectivity index (χ0v) is 16.2. The second kappa shape index (κ2) is 7.77. The lowest BCUT2D eigenvalue weighted by molar-refractivity contribution is -0.131. The highest BCUT2D eigenvalue weighted by Crippen LogP contribution is 2.31. The minimum Gasteiger partial charge on any atom is -0.488 e. The van der Waals surface area contributed by atoms with E-state index in [4.69, 9.17) is 9.84 Å². The standard InChI is InChI=1S/C23H28O3/c1-22(2,3)16-23(4,5)26-20-13-11-19(12-14-20)18-9-6-17(7-10-18)8-15-21(24)25/h6-15H,16H2,1-5H3,(H,24,25)/b15-8+. The summed E-state index contributed by atoms with van der Waals surface area (Å²) in [4.78, 5) is 10.6. The molecule has 0 aliphatic carbocycles. The van der Waals surface area contributed by atoms with Crippen molar-refractivity contribution >= 4 is 12.0 Å². The zero-order valence-electron chi connectivity index (χ0n) is 16.2. The number of carbonyl (C=O) groups is 1. The van der Waals surface area contributed by atoms with Gasteiger partial charge in [-0.3, -0.25) is 0 Å². The topological polar surface area (TPSA) is 46.5 Å². The average Bonchev–Trinajstić information content (AvgIpc) is 2.51. The van der Waals surface area contributed by atoms with Gasteiger partial charge in [-0.1, -0.05) is 57.2 Å². The van der Waals surface area contributed by atoms with Crippen LogP contribution in [0.2, 0.25) is 0 Å². The third-order valence-corrected chi connectivity index (χ3v) is 3.87. The van der Waals surface area contributed by atoms with Gasteiger partial charge in [0.2, 0.25) is 0 Å². The lowest BCUT2D eigenvalue weighted by atomic mass is 9.83. The minimum atomic E-state index is -0.945. The fraction of sp³-hybridized carbons (Fsp3) is 0.348. The van der Waals surface area contributed by atoms with E-state index >= 15 is 0 Å². The van der Waals surface area contributed by atoms with E-state index in [1.54, 1.807) is 6.08 Å². The van der Waals surface area contributed by atoms with Crippen molar-refractivity contribution in [2.75, 3.05) is 0 Å². The Balaban J connectivity index is 2.08. The number of aliphatic carboxylic acids is 1. The summed E-state index contributed by atoms with van der Waals surface area (Å²) in [5, 5.41) is 8.68. The monoisotopic (exact) mass is 352 g/mol. The van der Waals surface area contributed by atoms with Crippen molar-refractivity contribution in [1.82, 2.24) is 0 Å². The lowest BCUT2D eigenvalue weighted by Gasteiger charge is -2.33. The summed E-state index contributed by atoms with van der Waals surface area (Å²) in [6.45, 7) is 10.9. The highest BCUT2D eigenvalue weighted by Gasteiger charge is 2.27. The number of benzene rings is 2. The molecule has 2 rings (SSSR count). The zero-order chi connectivity index (χ0) is 19.4. The van der Waals surface area contributed by atoms with Crippen LogP contribution in [0.1, 0.15) is 46.6 Å². The molecule has 3 heteroatoms. The smallest absolute Gasteiger partial charge is 0.328 e. The van der Waals surface area contributed by atoms with Gasteiger partial charge in [-0.25, -0.2) is 4.79 Å². The highest BCUT2D eigenvalue weighted by atomic mass is 16.5. The van der Waals surface area contributed by atoms with Crippen molar-refractivity contribution in [2.24, 2.45) is 5.41 Å². The highest BCUT2D eigenvalue weighted by molar-refractivity contribution is 5.85. The maximum absolute atomic E-state index is 10.6. The first kappa shape index (κ1) is 19.8. The molecule has 3 nitrogen and oxygen atoms in total. The van der Waals surface area contributed by atoms with Crippen molar-refractivity contribution < 1.29 is 14.6 Å². The molecule has 0 amide bonds. The van der Waals surface area contributed by atoms with Gasteiger partial charge >= 0.3 is 5.97 Å². The molecule has 0 atom stereocenters. The molecule has 0 bridgehead atoms. The van der Waals surface area contributed by atoms with Gasteiger partial charge in [-0.2, -0.15) is 0 Å². The molecule has 1 N–H and O–H groups in total. The van der Waals surface area contributed by atoms with E-state index in [0.29, 0.717) is 0 Å². The van der Waals surface area contributed by atoms with Crippen LogP contribution in [-0.2, 0) is 4.79 Å². The number of ether oxygens (including phenoxy) is 1. The lowest BCUT2D eigenvalue weighted by Crippen LogP contribution is -2.33.